The van der Waals surface area contributed by atoms with Gasteiger partial charge in [-0.25, -0.2) is 4.39 Å². The van der Waals surface area contributed by atoms with Gasteiger partial charge in [0.2, 0.25) is 0 Å². The molecule has 0 amide bonds. The lowest BCUT2D eigenvalue weighted by atomic mass is 10.1. The second-order valence-corrected chi connectivity index (χ2v) is 8.54. The molecule has 2 nitrogen and oxygen atoms in total. The second-order valence-electron chi connectivity index (χ2n) is 6.86. The Bertz CT molecular complexity index is 632. The number of thioether (sulfide) groups is 1. The number of ether oxygens (including phenoxy) is 1. The highest BCUT2D eigenvalue weighted by Crippen LogP contribution is 2.35. The molecule has 1 N–H and O–H groups in total. The predicted molar refractivity (Wildman–Crippen MR) is 108 cm³/mol. The lowest BCUT2D eigenvalue weighted by Gasteiger charge is -2.09. The first kappa shape index (κ1) is 20.9. The zero-order chi connectivity index (χ0) is 18.9. The molecule has 142 valence electrons. The van der Waals surface area contributed by atoms with Gasteiger partial charge in [0.1, 0.15) is 6.17 Å². The number of hydrogen-bond acceptors (Lipinski definition) is 3. The lowest BCUT2D eigenvalue weighted by Crippen LogP contribution is -2.10. The summed E-state index contributed by atoms with van der Waals surface area (Å²) in [7, 11) is 0. The van der Waals surface area contributed by atoms with Gasteiger partial charge in [0.15, 0.2) is 0 Å². The second kappa shape index (κ2) is 10.7. The molecule has 2 aromatic rings. The number of aliphatic hydroxyl groups excluding tert-OH is 1. The molecule has 0 bridgehead atoms. The van der Waals surface area contributed by atoms with Crippen LogP contribution in [0.25, 0.3) is 0 Å². The summed E-state index contributed by atoms with van der Waals surface area (Å²) in [5.74, 6) is 0. The van der Waals surface area contributed by atoms with Crippen molar-refractivity contribution >= 4 is 11.8 Å². The van der Waals surface area contributed by atoms with Crippen molar-refractivity contribution in [1.29, 1.82) is 0 Å². The summed E-state index contributed by atoms with van der Waals surface area (Å²) in [6.07, 6.45) is -0.0207. The zero-order valence-electron chi connectivity index (χ0n) is 15.8. The van der Waals surface area contributed by atoms with Crippen molar-refractivity contribution in [3.8, 4) is 0 Å². The molecule has 0 aromatic heterocycles. The summed E-state index contributed by atoms with van der Waals surface area (Å²) in [4.78, 5) is 0. The minimum absolute atomic E-state index is 0.128. The number of aryl methyl sites for hydroxylation is 2. The fourth-order valence-electron chi connectivity index (χ4n) is 2.68. The van der Waals surface area contributed by atoms with Gasteiger partial charge in [-0.15, -0.1) is 11.8 Å². The van der Waals surface area contributed by atoms with Crippen LogP contribution in [0.15, 0.2) is 48.5 Å². The summed E-state index contributed by atoms with van der Waals surface area (Å²) in [6.45, 7) is 7.48. The Labute approximate surface area is 160 Å². The number of aliphatic hydroxyl groups is 1. The number of benzene rings is 2. The normalized spacial score (nSPS) is 22.0. The van der Waals surface area contributed by atoms with Crippen LogP contribution in [0, 0.1) is 13.8 Å². The number of hydrogen-bond donors (Lipinski definition) is 1. The summed E-state index contributed by atoms with van der Waals surface area (Å²) in [5.41, 5.74) is 4.64. The van der Waals surface area contributed by atoms with Gasteiger partial charge < -0.3 is 9.84 Å². The monoisotopic (exact) mass is 376 g/mol. The standard InChI is InChI=1S/C14H19FOS.C8H10O/c1-10-3-5-12(6-4-10)8-16-9-13-7-14(15)11(2)17-13;1-7-2-4-8(6-9)5-3-7/h3-6,11,13-14H,7-9H2,1-2H3;2-5,9H,6H2,1H3/t11?,13?,14-;/m0./s1. The van der Waals surface area contributed by atoms with Crippen LogP contribution in [0.3, 0.4) is 0 Å². The molecule has 3 atom stereocenters. The lowest BCUT2D eigenvalue weighted by molar-refractivity contribution is 0.118. The number of alkyl halides is 1. The highest BCUT2D eigenvalue weighted by molar-refractivity contribution is 8.00. The molecule has 3 rings (SSSR count). The van der Waals surface area contributed by atoms with Gasteiger partial charge in [-0.2, -0.15) is 0 Å². The molecule has 0 aliphatic carbocycles. The van der Waals surface area contributed by atoms with Gasteiger partial charge >= 0.3 is 0 Å². The summed E-state index contributed by atoms with van der Waals surface area (Å²) in [5, 5.41) is 9.08. The van der Waals surface area contributed by atoms with E-state index in [0.29, 0.717) is 24.9 Å². The van der Waals surface area contributed by atoms with Crippen LogP contribution in [0.5, 0.6) is 0 Å². The molecule has 1 saturated heterocycles. The first-order chi connectivity index (χ1) is 12.5. The smallest absolute Gasteiger partial charge is 0.113 e. The van der Waals surface area contributed by atoms with E-state index < -0.39 is 6.17 Å². The van der Waals surface area contributed by atoms with Gasteiger partial charge in [0.05, 0.1) is 19.8 Å². The van der Waals surface area contributed by atoms with Crippen molar-refractivity contribution in [2.75, 3.05) is 6.61 Å². The van der Waals surface area contributed by atoms with E-state index in [-0.39, 0.29) is 11.9 Å². The SMILES string of the molecule is Cc1ccc(CO)cc1.Cc1ccc(COCC2C[C@H](F)C(C)S2)cc1. The molecule has 1 aliphatic rings. The van der Waals surface area contributed by atoms with Crippen molar-refractivity contribution < 1.29 is 14.2 Å². The van der Waals surface area contributed by atoms with E-state index in [9.17, 15) is 4.39 Å². The van der Waals surface area contributed by atoms with Crippen LogP contribution >= 0.6 is 11.8 Å². The van der Waals surface area contributed by atoms with Gasteiger partial charge in [-0.05, 0) is 31.4 Å². The topological polar surface area (TPSA) is 29.5 Å². The highest BCUT2D eigenvalue weighted by atomic mass is 32.2. The van der Waals surface area contributed by atoms with E-state index in [1.165, 1.54) is 16.7 Å². The van der Waals surface area contributed by atoms with E-state index in [1.54, 1.807) is 11.8 Å². The minimum Gasteiger partial charge on any atom is -0.392 e. The van der Waals surface area contributed by atoms with Gasteiger partial charge in [0.25, 0.3) is 0 Å². The van der Waals surface area contributed by atoms with E-state index in [1.807, 2.05) is 38.1 Å². The van der Waals surface area contributed by atoms with Crippen LogP contribution in [-0.2, 0) is 18.0 Å². The van der Waals surface area contributed by atoms with E-state index in [2.05, 4.69) is 31.2 Å². The molecular formula is C22H29FO2S. The van der Waals surface area contributed by atoms with Crippen molar-refractivity contribution in [1.82, 2.24) is 0 Å². The van der Waals surface area contributed by atoms with Gasteiger partial charge in [-0.3, -0.25) is 0 Å². The van der Waals surface area contributed by atoms with E-state index in [0.717, 1.165) is 5.56 Å². The Kier molecular flexibility index (Phi) is 8.63. The van der Waals surface area contributed by atoms with Gasteiger partial charge in [0, 0.05) is 10.5 Å². The Morgan fingerprint density at radius 1 is 1.00 bits per heavy atom. The molecular weight excluding hydrogens is 347 g/mol. The molecule has 1 heterocycles. The fraction of sp³-hybridized carbons (Fsp3) is 0.455. The minimum atomic E-state index is -0.659. The Morgan fingerprint density at radius 3 is 2.00 bits per heavy atom. The number of rotatable bonds is 5. The quantitative estimate of drug-likeness (QED) is 0.775. The van der Waals surface area contributed by atoms with Crippen LogP contribution in [-0.4, -0.2) is 28.4 Å². The Hall–Kier alpha value is -1.36. The van der Waals surface area contributed by atoms with Crippen molar-refractivity contribution in [3.05, 3.63) is 70.8 Å². The van der Waals surface area contributed by atoms with E-state index >= 15 is 0 Å². The zero-order valence-corrected chi connectivity index (χ0v) is 16.6. The molecule has 2 unspecified atom stereocenters. The van der Waals surface area contributed by atoms with Crippen molar-refractivity contribution in [3.63, 3.8) is 0 Å². The van der Waals surface area contributed by atoms with Crippen molar-refractivity contribution in [2.24, 2.45) is 0 Å². The third kappa shape index (κ3) is 7.10. The molecule has 2 aromatic carbocycles. The molecule has 26 heavy (non-hydrogen) atoms. The molecule has 0 spiro atoms. The first-order valence-electron chi connectivity index (χ1n) is 9.07. The third-order valence-electron chi connectivity index (χ3n) is 4.40. The van der Waals surface area contributed by atoms with Crippen LogP contribution in [0.2, 0.25) is 0 Å². The molecule has 0 radical (unpaired) electrons. The summed E-state index contributed by atoms with van der Waals surface area (Å²) in [6, 6.07) is 16.2. The maximum Gasteiger partial charge on any atom is 0.113 e. The summed E-state index contributed by atoms with van der Waals surface area (Å²) < 4.78 is 18.9. The first-order valence-corrected chi connectivity index (χ1v) is 10.0. The van der Waals surface area contributed by atoms with Crippen molar-refractivity contribution in [2.45, 2.75) is 57.1 Å². The molecule has 4 heteroatoms. The molecule has 1 fully saturated rings. The number of halogens is 1. The van der Waals surface area contributed by atoms with Crippen LogP contribution in [0.4, 0.5) is 4.39 Å². The summed E-state index contributed by atoms with van der Waals surface area (Å²) >= 11 is 1.71. The highest BCUT2D eigenvalue weighted by Gasteiger charge is 2.31. The molecule has 1 aliphatic heterocycles. The van der Waals surface area contributed by atoms with Gasteiger partial charge in [-0.1, -0.05) is 66.6 Å². The maximum atomic E-state index is 13.3. The third-order valence-corrected chi connectivity index (χ3v) is 5.84. The Morgan fingerprint density at radius 2 is 1.54 bits per heavy atom. The average molecular weight is 377 g/mol. The van der Waals surface area contributed by atoms with Crippen LogP contribution < -0.4 is 0 Å². The molecule has 0 saturated carbocycles. The fourth-order valence-corrected chi connectivity index (χ4v) is 4.04. The van der Waals surface area contributed by atoms with Crippen LogP contribution in [0.1, 0.15) is 35.6 Å². The Balaban J connectivity index is 0.000000228. The predicted octanol–water partition coefficient (Wildman–Crippen LogP) is 5.23. The largest absolute Gasteiger partial charge is 0.392 e. The average Bonchev–Trinajstić information content (AvgIpc) is 2.96. The van der Waals surface area contributed by atoms with E-state index in [4.69, 9.17) is 9.84 Å². The maximum absolute atomic E-state index is 13.3.